The molecule has 2 aromatic rings. The van der Waals surface area contributed by atoms with Gasteiger partial charge >= 0.3 is 0 Å². The monoisotopic (exact) mass is 303 g/mol. The molecule has 7 heteroatoms. The Kier molecular flexibility index (Phi) is 3.98. The van der Waals surface area contributed by atoms with Gasteiger partial charge in [0.1, 0.15) is 0 Å². The van der Waals surface area contributed by atoms with Crippen LogP contribution in [0.1, 0.15) is 36.7 Å². The number of aromatic amines is 1. The van der Waals surface area contributed by atoms with Gasteiger partial charge in [0.25, 0.3) is 5.56 Å². The van der Waals surface area contributed by atoms with E-state index in [0.717, 1.165) is 31.5 Å². The van der Waals surface area contributed by atoms with Gasteiger partial charge in [-0.05, 0) is 33.2 Å². The summed E-state index contributed by atoms with van der Waals surface area (Å²) in [7, 11) is 1.76. The molecule has 2 N–H and O–H groups in total. The van der Waals surface area contributed by atoms with Gasteiger partial charge in [-0.15, -0.1) is 0 Å². The average Bonchev–Trinajstić information content (AvgIpc) is 2.88. The summed E-state index contributed by atoms with van der Waals surface area (Å²) >= 11 is 0. The fraction of sp³-hybridized carbons (Fsp3) is 0.533. The highest BCUT2D eigenvalue weighted by Crippen LogP contribution is 2.29. The highest BCUT2D eigenvalue weighted by Gasteiger charge is 2.29. The molecule has 1 saturated heterocycles. The standard InChI is InChI=1S/C15H21N5O2/c1-10-7-13-17-11(8-14(21)20(13)18-10)12-5-3-4-6-19(12)15(22)9-16-2/h7-8,12,16,18H,3-6,9H2,1-2H3/t12-/m1/s1. The van der Waals surface area contributed by atoms with Crippen LogP contribution in [0.3, 0.4) is 0 Å². The first kappa shape index (κ1) is 14.8. The van der Waals surface area contributed by atoms with Crippen molar-refractivity contribution in [1.29, 1.82) is 0 Å². The smallest absolute Gasteiger partial charge is 0.272 e. The second-order valence-electron chi connectivity index (χ2n) is 5.78. The van der Waals surface area contributed by atoms with Gasteiger partial charge in [0, 0.05) is 24.4 Å². The first-order chi connectivity index (χ1) is 10.6. The SMILES string of the molecule is CNCC(=O)N1CCCC[C@@H]1c1cc(=O)n2[nH]c(C)cc2n1. The van der Waals surface area contributed by atoms with Crippen LogP contribution < -0.4 is 10.9 Å². The first-order valence-corrected chi connectivity index (χ1v) is 7.63. The van der Waals surface area contributed by atoms with E-state index >= 15 is 0 Å². The first-order valence-electron chi connectivity index (χ1n) is 7.63. The number of hydrogen-bond donors (Lipinski definition) is 2. The summed E-state index contributed by atoms with van der Waals surface area (Å²) in [5.74, 6) is 0.0550. The van der Waals surface area contributed by atoms with Gasteiger partial charge in [-0.25, -0.2) is 9.50 Å². The average molecular weight is 303 g/mol. The molecular weight excluding hydrogens is 282 g/mol. The molecule has 2 aromatic heterocycles. The molecule has 0 unspecified atom stereocenters. The molecule has 1 fully saturated rings. The van der Waals surface area contributed by atoms with E-state index in [-0.39, 0.29) is 17.5 Å². The number of H-pyrrole nitrogens is 1. The molecule has 1 amide bonds. The van der Waals surface area contributed by atoms with Crippen molar-refractivity contribution >= 4 is 11.6 Å². The van der Waals surface area contributed by atoms with Gasteiger partial charge in [-0.3, -0.25) is 14.7 Å². The molecule has 0 aromatic carbocycles. The number of aromatic nitrogens is 3. The zero-order valence-electron chi connectivity index (χ0n) is 12.9. The number of amides is 1. The number of nitrogens with zero attached hydrogens (tertiary/aromatic N) is 3. The van der Waals surface area contributed by atoms with Crippen molar-refractivity contribution in [2.45, 2.75) is 32.2 Å². The minimum atomic E-state index is -0.139. The Morgan fingerprint density at radius 2 is 2.27 bits per heavy atom. The third-order valence-electron chi connectivity index (χ3n) is 4.09. The lowest BCUT2D eigenvalue weighted by atomic mass is 9.99. The summed E-state index contributed by atoms with van der Waals surface area (Å²) in [5.41, 5.74) is 2.04. The molecule has 22 heavy (non-hydrogen) atoms. The molecule has 3 rings (SSSR count). The fourth-order valence-corrected chi connectivity index (χ4v) is 3.09. The Labute approximate surface area is 128 Å². The van der Waals surface area contributed by atoms with E-state index in [1.165, 1.54) is 4.52 Å². The second-order valence-corrected chi connectivity index (χ2v) is 5.78. The van der Waals surface area contributed by atoms with Crippen molar-refractivity contribution in [3.05, 3.63) is 33.9 Å². The third-order valence-corrected chi connectivity index (χ3v) is 4.09. The van der Waals surface area contributed by atoms with Crippen LogP contribution in [0.25, 0.3) is 5.65 Å². The molecule has 3 heterocycles. The van der Waals surface area contributed by atoms with Crippen molar-refractivity contribution in [2.75, 3.05) is 20.1 Å². The van der Waals surface area contributed by atoms with Gasteiger partial charge in [0.2, 0.25) is 5.91 Å². The maximum absolute atomic E-state index is 12.3. The van der Waals surface area contributed by atoms with Gasteiger partial charge in [0.15, 0.2) is 5.65 Å². The topological polar surface area (TPSA) is 82.5 Å². The number of fused-ring (bicyclic) bond motifs is 1. The van der Waals surface area contributed by atoms with Crippen LogP contribution >= 0.6 is 0 Å². The molecule has 7 nitrogen and oxygen atoms in total. The van der Waals surface area contributed by atoms with Crippen molar-refractivity contribution in [2.24, 2.45) is 0 Å². The lowest BCUT2D eigenvalue weighted by molar-refractivity contribution is -0.134. The molecular formula is C15H21N5O2. The lowest BCUT2D eigenvalue weighted by Crippen LogP contribution is -2.43. The van der Waals surface area contributed by atoms with E-state index < -0.39 is 0 Å². The predicted octanol–water partition coefficient (Wildman–Crippen LogP) is 0.604. The molecule has 0 spiro atoms. The number of aryl methyl sites for hydroxylation is 1. The Hall–Kier alpha value is -2.15. The third kappa shape index (κ3) is 2.64. The number of likely N-dealkylation sites (tertiary alicyclic amines) is 1. The highest BCUT2D eigenvalue weighted by molar-refractivity contribution is 5.78. The number of carbonyl (C=O) groups is 1. The van der Waals surface area contributed by atoms with Crippen LogP contribution in [0.2, 0.25) is 0 Å². The fourth-order valence-electron chi connectivity index (χ4n) is 3.09. The van der Waals surface area contributed by atoms with Crippen molar-refractivity contribution < 1.29 is 4.79 Å². The van der Waals surface area contributed by atoms with Crippen molar-refractivity contribution in [3.63, 3.8) is 0 Å². The van der Waals surface area contributed by atoms with E-state index in [2.05, 4.69) is 15.4 Å². The quantitative estimate of drug-likeness (QED) is 0.870. The number of piperidine rings is 1. The van der Waals surface area contributed by atoms with Gasteiger partial charge < -0.3 is 10.2 Å². The summed E-state index contributed by atoms with van der Waals surface area (Å²) in [6.07, 6.45) is 2.89. The second kappa shape index (κ2) is 5.92. The lowest BCUT2D eigenvalue weighted by Gasteiger charge is -2.35. The molecule has 0 radical (unpaired) electrons. The van der Waals surface area contributed by atoms with Crippen molar-refractivity contribution in [1.82, 2.24) is 24.8 Å². The van der Waals surface area contributed by atoms with E-state index in [0.29, 0.717) is 17.9 Å². The normalized spacial score (nSPS) is 18.8. The summed E-state index contributed by atoms with van der Waals surface area (Å²) in [4.78, 5) is 31.0. The number of likely N-dealkylation sites (N-methyl/N-ethyl adjacent to an activating group) is 1. The van der Waals surface area contributed by atoms with E-state index in [1.807, 2.05) is 17.9 Å². The number of rotatable bonds is 3. The zero-order chi connectivity index (χ0) is 15.7. The van der Waals surface area contributed by atoms with Crippen LogP contribution in [-0.2, 0) is 4.79 Å². The maximum atomic E-state index is 12.3. The van der Waals surface area contributed by atoms with Gasteiger partial charge in [0.05, 0.1) is 18.3 Å². The molecule has 118 valence electrons. The van der Waals surface area contributed by atoms with Gasteiger partial charge in [-0.1, -0.05) is 0 Å². The van der Waals surface area contributed by atoms with E-state index in [4.69, 9.17) is 0 Å². The molecule has 1 aliphatic rings. The molecule has 1 aliphatic heterocycles. The van der Waals surface area contributed by atoms with E-state index in [9.17, 15) is 9.59 Å². The van der Waals surface area contributed by atoms with Gasteiger partial charge in [-0.2, -0.15) is 0 Å². The van der Waals surface area contributed by atoms with Crippen LogP contribution in [-0.4, -0.2) is 45.5 Å². The minimum absolute atomic E-state index is 0.0550. The predicted molar refractivity (Wildman–Crippen MR) is 82.8 cm³/mol. The van der Waals surface area contributed by atoms with Crippen LogP contribution in [0, 0.1) is 6.92 Å². The Balaban J connectivity index is 2.00. The van der Waals surface area contributed by atoms with Crippen molar-refractivity contribution in [3.8, 4) is 0 Å². The zero-order valence-corrected chi connectivity index (χ0v) is 12.9. The van der Waals surface area contributed by atoms with Crippen LogP contribution in [0.4, 0.5) is 0 Å². The number of carbonyl (C=O) groups excluding carboxylic acids is 1. The van der Waals surface area contributed by atoms with Crippen LogP contribution in [0.15, 0.2) is 16.9 Å². The minimum Gasteiger partial charge on any atom is -0.333 e. The van der Waals surface area contributed by atoms with Crippen LogP contribution in [0.5, 0.6) is 0 Å². The maximum Gasteiger partial charge on any atom is 0.272 e. The highest BCUT2D eigenvalue weighted by atomic mass is 16.2. The molecule has 0 bridgehead atoms. The Morgan fingerprint density at radius 1 is 1.45 bits per heavy atom. The summed E-state index contributed by atoms with van der Waals surface area (Å²) in [5, 5.41) is 5.86. The number of nitrogens with one attached hydrogen (secondary N) is 2. The summed E-state index contributed by atoms with van der Waals surface area (Å²) < 4.78 is 1.43. The largest absolute Gasteiger partial charge is 0.333 e. The molecule has 0 aliphatic carbocycles. The number of hydrogen-bond acceptors (Lipinski definition) is 4. The molecule has 1 atom stereocenters. The summed E-state index contributed by atoms with van der Waals surface area (Å²) in [6, 6.07) is 3.27. The summed E-state index contributed by atoms with van der Waals surface area (Å²) in [6.45, 7) is 2.91. The van der Waals surface area contributed by atoms with E-state index in [1.54, 1.807) is 13.1 Å². The Bertz CT molecular complexity index is 748. The molecule has 0 saturated carbocycles. The Morgan fingerprint density at radius 3 is 3.05 bits per heavy atom.